The van der Waals surface area contributed by atoms with Crippen LogP contribution in [0.15, 0.2) is 24.5 Å². The van der Waals surface area contributed by atoms with E-state index in [4.69, 9.17) is 0 Å². The summed E-state index contributed by atoms with van der Waals surface area (Å²) in [5.41, 5.74) is 1.57. The van der Waals surface area contributed by atoms with Gasteiger partial charge in [0.2, 0.25) is 0 Å². The Balaban J connectivity index is 1.92. The number of imidazole rings is 1. The predicted octanol–water partition coefficient (Wildman–Crippen LogP) is 3.52. The molecule has 1 saturated carbocycles. The number of fused-ring (bicyclic) bond motifs is 3. The second-order valence-electron chi connectivity index (χ2n) is 5.46. The SMILES string of the molecule is Fc1cc2nc(NC3CCCC3)c3nccn3c2cc1F. The summed E-state index contributed by atoms with van der Waals surface area (Å²) in [5.74, 6) is -1.14. The number of rotatable bonds is 2. The van der Waals surface area contributed by atoms with Crippen LogP contribution in [0.3, 0.4) is 0 Å². The van der Waals surface area contributed by atoms with Gasteiger partial charge in [0, 0.05) is 30.6 Å². The normalized spacial score (nSPS) is 16.1. The Bertz CT molecular complexity index is 821. The van der Waals surface area contributed by atoms with Crippen molar-refractivity contribution in [1.82, 2.24) is 14.4 Å². The maximum atomic E-state index is 13.5. The third-order valence-electron chi connectivity index (χ3n) is 4.06. The number of benzene rings is 1. The van der Waals surface area contributed by atoms with E-state index < -0.39 is 11.6 Å². The van der Waals surface area contributed by atoms with E-state index in [2.05, 4.69) is 15.3 Å². The van der Waals surface area contributed by atoms with Crippen LogP contribution in [0.5, 0.6) is 0 Å². The fraction of sp³-hybridized carbons (Fsp3) is 0.333. The molecule has 0 spiro atoms. The number of hydrogen-bond acceptors (Lipinski definition) is 3. The van der Waals surface area contributed by atoms with Crippen LogP contribution in [-0.4, -0.2) is 20.4 Å². The highest BCUT2D eigenvalue weighted by molar-refractivity contribution is 5.83. The molecule has 1 fully saturated rings. The minimum absolute atomic E-state index is 0.376. The second kappa shape index (κ2) is 4.65. The summed E-state index contributed by atoms with van der Waals surface area (Å²) in [6.07, 6.45) is 7.98. The molecule has 4 rings (SSSR count). The average molecular weight is 288 g/mol. The van der Waals surface area contributed by atoms with E-state index >= 15 is 0 Å². The molecule has 0 saturated heterocycles. The van der Waals surface area contributed by atoms with Crippen molar-refractivity contribution in [2.24, 2.45) is 0 Å². The van der Waals surface area contributed by atoms with Crippen molar-refractivity contribution in [3.63, 3.8) is 0 Å². The van der Waals surface area contributed by atoms with Gasteiger partial charge in [-0.3, -0.25) is 4.40 Å². The van der Waals surface area contributed by atoms with E-state index in [1.165, 1.54) is 12.8 Å². The molecule has 0 radical (unpaired) electrons. The van der Waals surface area contributed by atoms with E-state index in [-0.39, 0.29) is 0 Å². The minimum atomic E-state index is -0.888. The highest BCUT2D eigenvalue weighted by Gasteiger charge is 2.18. The molecular formula is C15H14F2N4. The van der Waals surface area contributed by atoms with Gasteiger partial charge in [-0.1, -0.05) is 12.8 Å². The lowest BCUT2D eigenvalue weighted by Gasteiger charge is -2.14. The van der Waals surface area contributed by atoms with Gasteiger partial charge in [-0.25, -0.2) is 18.7 Å². The number of aromatic nitrogens is 3. The standard InChI is InChI=1S/C15H14F2N4/c16-10-7-12-13(8-11(10)17)21-6-5-18-15(21)14(20-12)19-9-3-1-2-4-9/h5-9H,1-4H2,(H,19,20). The molecule has 108 valence electrons. The third-order valence-corrected chi connectivity index (χ3v) is 4.06. The summed E-state index contributed by atoms with van der Waals surface area (Å²) < 4.78 is 28.6. The van der Waals surface area contributed by atoms with Gasteiger partial charge >= 0.3 is 0 Å². The van der Waals surface area contributed by atoms with Crippen LogP contribution >= 0.6 is 0 Å². The van der Waals surface area contributed by atoms with Gasteiger partial charge in [-0.15, -0.1) is 0 Å². The zero-order chi connectivity index (χ0) is 14.4. The Labute approximate surface area is 119 Å². The van der Waals surface area contributed by atoms with Gasteiger partial charge in [0.25, 0.3) is 0 Å². The maximum absolute atomic E-state index is 13.5. The molecule has 0 unspecified atom stereocenters. The number of hydrogen-bond donors (Lipinski definition) is 1. The molecular weight excluding hydrogens is 274 g/mol. The smallest absolute Gasteiger partial charge is 0.180 e. The van der Waals surface area contributed by atoms with Gasteiger partial charge in [-0.2, -0.15) is 0 Å². The first-order chi connectivity index (χ1) is 10.2. The predicted molar refractivity (Wildman–Crippen MR) is 76.3 cm³/mol. The number of anilines is 1. The Morgan fingerprint density at radius 1 is 1.14 bits per heavy atom. The van der Waals surface area contributed by atoms with Gasteiger partial charge in [0.05, 0.1) is 11.0 Å². The fourth-order valence-corrected chi connectivity index (χ4v) is 3.01. The summed E-state index contributed by atoms with van der Waals surface area (Å²) in [5, 5.41) is 3.39. The molecule has 0 bridgehead atoms. The quantitative estimate of drug-likeness (QED) is 0.784. The monoisotopic (exact) mass is 288 g/mol. The fourth-order valence-electron chi connectivity index (χ4n) is 3.01. The third kappa shape index (κ3) is 2.02. The molecule has 4 nitrogen and oxygen atoms in total. The van der Waals surface area contributed by atoms with Crippen LogP contribution < -0.4 is 5.32 Å². The van der Waals surface area contributed by atoms with Crippen molar-refractivity contribution in [3.8, 4) is 0 Å². The molecule has 2 aromatic heterocycles. The van der Waals surface area contributed by atoms with E-state index in [1.807, 2.05) is 0 Å². The van der Waals surface area contributed by atoms with Crippen LogP contribution in [0.4, 0.5) is 14.6 Å². The van der Waals surface area contributed by atoms with Gasteiger partial charge in [0.1, 0.15) is 0 Å². The van der Waals surface area contributed by atoms with Crippen LogP contribution in [0.1, 0.15) is 25.7 Å². The van der Waals surface area contributed by atoms with E-state index in [1.54, 1.807) is 16.8 Å². The zero-order valence-corrected chi connectivity index (χ0v) is 11.3. The Kier molecular flexibility index (Phi) is 2.77. The van der Waals surface area contributed by atoms with Crippen LogP contribution in [0.25, 0.3) is 16.7 Å². The maximum Gasteiger partial charge on any atom is 0.180 e. The summed E-state index contributed by atoms with van der Waals surface area (Å²) in [4.78, 5) is 8.72. The Morgan fingerprint density at radius 2 is 1.90 bits per heavy atom. The molecule has 2 heterocycles. The van der Waals surface area contributed by atoms with Gasteiger partial charge in [-0.05, 0) is 12.8 Å². The van der Waals surface area contributed by atoms with Crippen LogP contribution in [0, 0.1) is 11.6 Å². The van der Waals surface area contributed by atoms with Crippen molar-refractivity contribution in [2.45, 2.75) is 31.7 Å². The second-order valence-corrected chi connectivity index (χ2v) is 5.46. The molecule has 1 aromatic carbocycles. The van der Waals surface area contributed by atoms with Crippen molar-refractivity contribution in [3.05, 3.63) is 36.2 Å². The lowest BCUT2D eigenvalue weighted by Crippen LogP contribution is -2.16. The minimum Gasteiger partial charge on any atom is -0.364 e. The van der Waals surface area contributed by atoms with E-state index in [0.29, 0.717) is 28.5 Å². The van der Waals surface area contributed by atoms with E-state index in [9.17, 15) is 8.78 Å². The molecule has 21 heavy (non-hydrogen) atoms. The van der Waals surface area contributed by atoms with Crippen molar-refractivity contribution in [2.75, 3.05) is 5.32 Å². The van der Waals surface area contributed by atoms with Gasteiger partial charge < -0.3 is 5.32 Å². The van der Waals surface area contributed by atoms with Crippen molar-refractivity contribution < 1.29 is 8.78 Å². The van der Waals surface area contributed by atoms with E-state index in [0.717, 1.165) is 25.0 Å². The highest BCUT2D eigenvalue weighted by Crippen LogP contribution is 2.26. The lowest BCUT2D eigenvalue weighted by atomic mass is 10.2. The number of nitrogens with one attached hydrogen (secondary N) is 1. The summed E-state index contributed by atoms with van der Waals surface area (Å²) >= 11 is 0. The molecule has 0 aliphatic heterocycles. The first-order valence-electron chi connectivity index (χ1n) is 7.11. The first kappa shape index (κ1) is 12.5. The molecule has 1 aliphatic carbocycles. The zero-order valence-electron chi connectivity index (χ0n) is 11.3. The number of nitrogens with zero attached hydrogens (tertiary/aromatic N) is 3. The molecule has 3 aromatic rings. The highest BCUT2D eigenvalue weighted by atomic mass is 19.2. The number of halogens is 2. The summed E-state index contributed by atoms with van der Waals surface area (Å²) in [6.45, 7) is 0. The first-order valence-corrected chi connectivity index (χ1v) is 7.11. The van der Waals surface area contributed by atoms with Crippen molar-refractivity contribution >= 4 is 22.5 Å². The molecule has 1 N–H and O–H groups in total. The Morgan fingerprint density at radius 3 is 2.71 bits per heavy atom. The van der Waals surface area contributed by atoms with Gasteiger partial charge in [0.15, 0.2) is 23.1 Å². The summed E-state index contributed by atoms with van der Waals surface area (Å²) in [6, 6.07) is 2.66. The van der Waals surface area contributed by atoms with Crippen molar-refractivity contribution in [1.29, 1.82) is 0 Å². The largest absolute Gasteiger partial charge is 0.364 e. The molecule has 1 aliphatic rings. The van der Waals surface area contributed by atoms with Crippen LogP contribution in [0.2, 0.25) is 0 Å². The lowest BCUT2D eigenvalue weighted by molar-refractivity contribution is 0.510. The summed E-state index contributed by atoms with van der Waals surface area (Å²) in [7, 11) is 0. The van der Waals surface area contributed by atoms with Crippen LogP contribution in [-0.2, 0) is 0 Å². The molecule has 0 atom stereocenters. The topological polar surface area (TPSA) is 42.2 Å². The molecule has 6 heteroatoms. The Hall–Kier alpha value is -2.24. The average Bonchev–Trinajstić information content (AvgIpc) is 3.12. The molecule has 0 amide bonds.